The Morgan fingerprint density at radius 2 is 1.15 bits per heavy atom. The van der Waals surface area contributed by atoms with Crippen LogP contribution in [0.5, 0.6) is 5.75 Å². The molecule has 0 radical (unpaired) electrons. The summed E-state index contributed by atoms with van der Waals surface area (Å²) in [7, 11) is 0. The molecule has 1 N–H and O–H groups in total. The molecule has 0 aliphatic heterocycles. The molecule has 98 valence electrons. The largest absolute Gasteiger partial charge is 0.508 e. The molecule has 0 amide bonds. The second-order valence-corrected chi connectivity index (χ2v) is 4.64. The lowest BCUT2D eigenvalue weighted by Gasteiger charge is -2.06. The molecule has 3 aromatic rings. The fourth-order valence-corrected chi connectivity index (χ4v) is 2.23. The Kier molecular flexibility index (Phi) is 3.21. The molecule has 0 saturated carbocycles. The third kappa shape index (κ3) is 2.54. The Balaban J connectivity index is 1.97. The van der Waals surface area contributed by atoms with Gasteiger partial charge in [-0.3, -0.25) is 0 Å². The summed E-state index contributed by atoms with van der Waals surface area (Å²) in [5, 5.41) is 9.45. The predicted octanol–water partition coefficient (Wildman–Crippen LogP) is 4.87. The molecule has 0 saturated heterocycles. The third-order valence-electron chi connectivity index (χ3n) is 3.21. The molecule has 3 rings (SSSR count). The molecule has 20 heavy (non-hydrogen) atoms. The Morgan fingerprint density at radius 3 is 1.75 bits per heavy atom. The number of phenolic OH excluding ortho intramolecular Hbond substituents is 1. The number of hydrogen-bond acceptors (Lipinski definition) is 1. The van der Waals surface area contributed by atoms with E-state index in [2.05, 4.69) is 0 Å². The molecular formula is C18H13FO. The first-order valence-electron chi connectivity index (χ1n) is 6.38. The fourth-order valence-electron chi connectivity index (χ4n) is 2.23. The van der Waals surface area contributed by atoms with E-state index in [0.29, 0.717) is 5.56 Å². The van der Waals surface area contributed by atoms with Crippen LogP contribution in [0.15, 0.2) is 72.8 Å². The summed E-state index contributed by atoms with van der Waals surface area (Å²) < 4.78 is 13.3. The van der Waals surface area contributed by atoms with E-state index in [1.54, 1.807) is 6.07 Å². The summed E-state index contributed by atoms with van der Waals surface area (Å²) in [6.07, 6.45) is 0. The topological polar surface area (TPSA) is 20.2 Å². The van der Waals surface area contributed by atoms with Crippen molar-refractivity contribution in [2.75, 3.05) is 0 Å². The maximum Gasteiger partial charge on any atom is 0.127 e. The Morgan fingerprint density at radius 1 is 0.600 bits per heavy atom. The van der Waals surface area contributed by atoms with Crippen molar-refractivity contribution < 1.29 is 9.50 Å². The van der Waals surface area contributed by atoms with Crippen LogP contribution in [0.25, 0.3) is 22.3 Å². The Bertz CT molecular complexity index is 698. The quantitative estimate of drug-likeness (QED) is 0.700. The monoisotopic (exact) mass is 264 g/mol. The average Bonchev–Trinajstić information content (AvgIpc) is 2.47. The SMILES string of the molecule is Oc1cc(F)cc(-c2ccc(-c3ccccc3)cc2)c1. The van der Waals surface area contributed by atoms with Crippen LogP contribution in [0, 0.1) is 5.82 Å². The number of rotatable bonds is 2. The number of phenols is 1. The molecule has 1 nitrogen and oxygen atoms in total. The van der Waals surface area contributed by atoms with E-state index in [-0.39, 0.29) is 5.75 Å². The highest BCUT2D eigenvalue weighted by molar-refractivity contribution is 5.71. The summed E-state index contributed by atoms with van der Waals surface area (Å²) in [5.41, 5.74) is 3.79. The molecule has 2 heteroatoms. The molecule has 0 aromatic heterocycles. The zero-order chi connectivity index (χ0) is 13.9. The number of aromatic hydroxyl groups is 1. The lowest BCUT2D eigenvalue weighted by molar-refractivity contribution is 0.469. The highest BCUT2D eigenvalue weighted by Crippen LogP contribution is 2.27. The Hall–Kier alpha value is -2.61. The van der Waals surface area contributed by atoms with Gasteiger partial charge in [-0.05, 0) is 34.4 Å². The summed E-state index contributed by atoms with van der Waals surface area (Å²) in [6, 6.07) is 22.0. The van der Waals surface area contributed by atoms with E-state index in [1.165, 1.54) is 6.07 Å². The smallest absolute Gasteiger partial charge is 0.127 e. The zero-order valence-electron chi connectivity index (χ0n) is 10.8. The number of halogens is 1. The minimum absolute atomic E-state index is 0.0628. The first-order chi connectivity index (χ1) is 9.72. The van der Waals surface area contributed by atoms with Crippen molar-refractivity contribution in [2.24, 2.45) is 0 Å². The van der Waals surface area contributed by atoms with Crippen molar-refractivity contribution in [3.63, 3.8) is 0 Å². The van der Waals surface area contributed by atoms with E-state index < -0.39 is 5.82 Å². The number of hydrogen-bond donors (Lipinski definition) is 1. The number of benzene rings is 3. The van der Waals surface area contributed by atoms with Crippen LogP contribution in [0.3, 0.4) is 0 Å². The first-order valence-corrected chi connectivity index (χ1v) is 6.38. The predicted molar refractivity (Wildman–Crippen MR) is 78.9 cm³/mol. The van der Waals surface area contributed by atoms with Gasteiger partial charge in [0.2, 0.25) is 0 Å². The van der Waals surface area contributed by atoms with Gasteiger partial charge in [-0.15, -0.1) is 0 Å². The first kappa shape index (κ1) is 12.4. The van der Waals surface area contributed by atoms with Crippen molar-refractivity contribution in [3.8, 4) is 28.0 Å². The van der Waals surface area contributed by atoms with Gasteiger partial charge in [0, 0.05) is 6.07 Å². The van der Waals surface area contributed by atoms with Crippen molar-refractivity contribution in [1.29, 1.82) is 0 Å². The summed E-state index contributed by atoms with van der Waals surface area (Å²) >= 11 is 0. The van der Waals surface area contributed by atoms with Crippen LogP contribution < -0.4 is 0 Å². The van der Waals surface area contributed by atoms with Crippen LogP contribution in [0.4, 0.5) is 4.39 Å². The molecule has 0 unspecified atom stereocenters. The molecule has 0 spiro atoms. The van der Waals surface area contributed by atoms with Crippen LogP contribution in [0.1, 0.15) is 0 Å². The van der Waals surface area contributed by atoms with Gasteiger partial charge in [-0.1, -0.05) is 54.6 Å². The second-order valence-electron chi connectivity index (χ2n) is 4.64. The minimum atomic E-state index is -0.438. The van der Waals surface area contributed by atoms with Gasteiger partial charge in [-0.2, -0.15) is 0 Å². The molecule has 0 aliphatic carbocycles. The van der Waals surface area contributed by atoms with Crippen LogP contribution in [-0.4, -0.2) is 5.11 Å². The summed E-state index contributed by atoms with van der Waals surface area (Å²) in [5.74, 6) is -0.501. The molecule has 0 heterocycles. The maximum absolute atomic E-state index is 13.3. The van der Waals surface area contributed by atoms with Gasteiger partial charge < -0.3 is 5.11 Å². The molecule has 3 aromatic carbocycles. The normalized spacial score (nSPS) is 10.4. The van der Waals surface area contributed by atoms with E-state index in [9.17, 15) is 9.50 Å². The van der Waals surface area contributed by atoms with E-state index in [4.69, 9.17) is 0 Å². The van der Waals surface area contributed by atoms with Gasteiger partial charge in [0.1, 0.15) is 11.6 Å². The lowest BCUT2D eigenvalue weighted by atomic mass is 10.0. The maximum atomic E-state index is 13.3. The zero-order valence-corrected chi connectivity index (χ0v) is 10.8. The highest BCUT2D eigenvalue weighted by atomic mass is 19.1. The fraction of sp³-hybridized carbons (Fsp3) is 0. The second kappa shape index (κ2) is 5.17. The molecule has 0 bridgehead atoms. The van der Waals surface area contributed by atoms with Crippen molar-refractivity contribution in [1.82, 2.24) is 0 Å². The van der Waals surface area contributed by atoms with Gasteiger partial charge in [0.15, 0.2) is 0 Å². The molecule has 0 fully saturated rings. The average molecular weight is 264 g/mol. The minimum Gasteiger partial charge on any atom is -0.508 e. The van der Waals surface area contributed by atoms with Crippen molar-refractivity contribution >= 4 is 0 Å². The molecule has 0 atom stereocenters. The van der Waals surface area contributed by atoms with Crippen molar-refractivity contribution in [2.45, 2.75) is 0 Å². The van der Waals surface area contributed by atoms with E-state index >= 15 is 0 Å². The standard InChI is InChI=1S/C18H13FO/c19-17-10-16(11-18(20)12-17)15-8-6-14(7-9-15)13-4-2-1-3-5-13/h1-12,20H. The van der Waals surface area contributed by atoms with Crippen LogP contribution in [0.2, 0.25) is 0 Å². The van der Waals surface area contributed by atoms with E-state index in [0.717, 1.165) is 22.8 Å². The molecular weight excluding hydrogens is 251 g/mol. The summed E-state index contributed by atoms with van der Waals surface area (Å²) in [4.78, 5) is 0. The van der Waals surface area contributed by atoms with Crippen LogP contribution >= 0.6 is 0 Å². The van der Waals surface area contributed by atoms with Gasteiger partial charge in [0.25, 0.3) is 0 Å². The van der Waals surface area contributed by atoms with Gasteiger partial charge in [-0.25, -0.2) is 4.39 Å². The summed E-state index contributed by atoms with van der Waals surface area (Å²) in [6.45, 7) is 0. The van der Waals surface area contributed by atoms with Gasteiger partial charge >= 0.3 is 0 Å². The lowest BCUT2D eigenvalue weighted by Crippen LogP contribution is -1.82. The highest BCUT2D eigenvalue weighted by Gasteiger charge is 2.03. The Labute approximate surface area is 117 Å². The molecule has 0 aliphatic rings. The van der Waals surface area contributed by atoms with Crippen molar-refractivity contribution in [3.05, 3.63) is 78.6 Å². The van der Waals surface area contributed by atoms with Crippen LogP contribution in [-0.2, 0) is 0 Å². The third-order valence-corrected chi connectivity index (χ3v) is 3.21. The van der Waals surface area contributed by atoms with E-state index in [1.807, 2.05) is 54.6 Å². The van der Waals surface area contributed by atoms with Gasteiger partial charge in [0.05, 0.1) is 0 Å².